The number of amides is 1. The van der Waals surface area contributed by atoms with Crippen LogP contribution in [-0.2, 0) is 6.54 Å². The monoisotopic (exact) mass is 244 g/mol. The SMILES string of the molecule is CN(Cc1ncc[nH]1)C(=O)c1cccn1C1CC1. The normalized spacial score (nSPS) is 14.7. The zero-order chi connectivity index (χ0) is 12.5. The first-order valence-corrected chi connectivity index (χ1v) is 6.16. The molecule has 1 aliphatic carbocycles. The fourth-order valence-electron chi connectivity index (χ4n) is 2.12. The number of nitrogens with zero attached hydrogens (tertiary/aromatic N) is 3. The van der Waals surface area contributed by atoms with Crippen LogP contribution in [0.15, 0.2) is 30.7 Å². The van der Waals surface area contributed by atoms with Crippen LogP contribution in [0, 0.1) is 0 Å². The molecule has 1 aliphatic rings. The molecule has 1 N–H and O–H groups in total. The highest BCUT2D eigenvalue weighted by molar-refractivity contribution is 5.92. The summed E-state index contributed by atoms with van der Waals surface area (Å²) in [4.78, 5) is 21.2. The summed E-state index contributed by atoms with van der Waals surface area (Å²) in [5.74, 6) is 0.846. The van der Waals surface area contributed by atoms with Crippen molar-refractivity contribution in [2.24, 2.45) is 0 Å². The van der Waals surface area contributed by atoms with Crippen LogP contribution in [0.4, 0.5) is 0 Å². The standard InChI is InChI=1S/C13H16N4O/c1-16(9-12-14-6-7-15-12)13(18)11-3-2-8-17(11)10-4-5-10/h2-3,6-8,10H,4-5,9H2,1H3,(H,14,15). The number of hydrogen-bond donors (Lipinski definition) is 1. The summed E-state index contributed by atoms with van der Waals surface area (Å²) in [5.41, 5.74) is 0.770. The van der Waals surface area contributed by atoms with Gasteiger partial charge in [0.2, 0.25) is 0 Å². The van der Waals surface area contributed by atoms with E-state index in [0.29, 0.717) is 12.6 Å². The van der Waals surface area contributed by atoms with Crippen molar-refractivity contribution in [1.29, 1.82) is 0 Å². The Bertz CT molecular complexity index is 539. The van der Waals surface area contributed by atoms with Gasteiger partial charge in [0.15, 0.2) is 0 Å². The molecule has 2 aromatic rings. The third kappa shape index (κ3) is 2.03. The summed E-state index contributed by atoms with van der Waals surface area (Å²) < 4.78 is 2.08. The van der Waals surface area contributed by atoms with Gasteiger partial charge in [0.25, 0.3) is 5.91 Å². The highest BCUT2D eigenvalue weighted by Crippen LogP contribution is 2.36. The second kappa shape index (κ2) is 4.33. The van der Waals surface area contributed by atoms with Gasteiger partial charge in [0, 0.05) is 31.7 Å². The molecule has 1 amide bonds. The molecule has 0 aliphatic heterocycles. The van der Waals surface area contributed by atoms with Crippen LogP contribution in [-0.4, -0.2) is 32.4 Å². The maximum Gasteiger partial charge on any atom is 0.270 e. The van der Waals surface area contributed by atoms with E-state index in [1.54, 1.807) is 24.3 Å². The van der Waals surface area contributed by atoms with Crippen LogP contribution in [0.5, 0.6) is 0 Å². The van der Waals surface area contributed by atoms with Gasteiger partial charge in [-0.1, -0.05) is 0 Å². The number of hydrogen-bond acceptors (Lipinski definition) is 2. The first-order chi connectivity index (χ1) is 8.75. The lowest BCUT2D eigenvalue weighted by molar-refractivity contribution is 0.0771. The number of aromatic nitrogens is 3. The molecular formula is C13H16N4O. The van der Waals surface area contributed by atoms with E-state index in [1.807, 2.05) is 18.3 Å². The minimum absolute atomic E-state index is 0.0447. The molecule has 0 saturated heterocycles. The lowest BCUT2D eigenvalue weighted by Gasteiger charge is -2.17. The first kappa shape index (κ1) is 11.1. The molecule has 1 fully saturated rings. The van der Waals surface area contributed by atoms with Crippen molar-refractivity contribution in [2.75, 3.05) is 7.05 Å². The third-order valence-corrected chi connectivity index (χ3v) is 3.23. The van der Waals surface area contributed by atoms with Gasteiger partial charge in [-0.2, -0.15) is 0 Å². The molecule has 0 atom stereocenters. The van der Waals surface area contributed by atoms with E-state index >= 15 is 0 Å². The van der Waals surface area contributed by atoms with Crippen LogP contribution in [0.2, 0.25) is 0 Å². The van der Waals surface area contributed by atoms with Crippen molar-refractivity contribution in [1.82, 2.24) is 19.4 Å². The summed E-state index contributed by atoms with van der Waals surface area (Å²) in [5, 5.41) is 0. The smallest absolute Gasteiger partial charge is 0.270 e. The Morgan fingerprint density at radius 3 is 3.11 bits per heavy atom. The van der Waals surface area contributed by atoms with Gasteiger partial charge in [-0.3, -0.25) is 4.79 Å². The molecule has 2 aromatic heterocycles. The second-order valence-corrected chi connectivity index (χ2v) is 4.73. The Hall–Kier alpha value is -2.04. The van der Waals surface area contributed by atoms with Crippen molar-refractivity contribution < 1.29 is 4.79 Å². The predicted molar refractivity (Wildman–Crippen MR) is 67.1 cm³/mol. The Morgan fingerprint density at radius 1 is 1.61 bits per heavy atom. The molecule has 0 bridgehead atoms. The van der Waals surface area contributed by atoms with E-state index in [0.717, 1.165) is 11.5 Å². The van der Waals surface area contributed by atoms with Gasteiger partial charge >= 0.3 is 0 Å². The van der Waals surface area contributed by atoms with E-state index in [9.17, 15) is 4.79 Å². The van der Waals surface area contributed by atoms with Crippen LogP contribution in [0.3, 0.4) is 0 Å². The van der Waals surface area contributed by atoms with Crippen molar-refractivity contribution in [3.05, 3.63) is 42.2 Å². The molecule has 0 aromatic carbocycles. The Morgan fingerprint density at radius 2 is 2.44 bits per heavy atom. The summed E-state index contributed by atoms with van der Waals surface area (Å²) in [6.07, 6.45) is 7.81. The van der Waals surface area contributed by atoms with E-state index in [4.69, 9.17) is 0 Å². The van der Waals surface area contributed by atoms with Crippen molar-refractivity contribution in [3.8, 4) is 0 Å². The number of carbonyl (C=O) groups excluding carboxylic acids is 1. The molecule has 94 valence electrons. The molecule has 0 spiro atoms. The fraction of sp³-hybridized carbons (Fsp3) is 0.385. The summed E-state index contributed by atoms with van der Waals surface area (Å²) in [7, 11) is 1.80. The maximum atomic E-state index is 12.3. The number of carbonyl (C=O) groups is 1. The zero-order valence-electron chi connectivity index (χ0n) is 10.3. The quantitative estimate of drug-likeness (QED) is 0.892. The van der Waals surface area contributed by atoms with Gasteiger partial charge in [0.1, 0.15) is 11.5 Å². The van der Waals surface area contributed by atoms with Gasteiger partial charge < -0.3 is 14.5 Å². The lowest BCUT2D eigenvalue weighted by Crippen LogP contribution is -2.28. The molecule has 0 radical (unpaired) electrons. The number of aromatic amines is 1. The molecule has 2 heterocycles. The van der Waals surface area contributed by atoms with Crippen LogP contribution >= 0.6 is 0 Å². The van der Waals surface area contributed by atoms with Crippen LogP contribution in [0.25, 0.3) is 0 Å². The lowest BCUT2D eigenvalue weighted by atomic mass is 10.3. The van der Waals surface area contributed by atoms with E-state index in [-0.39, 0.29) is 5.91 Å². The molecule has 5 nitrogen and oxygen atoms in total. The van der Waals surface area contributed by atoms with E-state index < -0.39 is 0 Å². The molecular weight excluding hydrogens is 228 g/mol. The van der Waals surface area contributed by atoms with Crippen LogP contribution < -0.4 is 0 Å². The van der Waals surface area contributed by atoms with E-state index in [2.05, 4.69) is 14.5 Å². The number of H-pyrrole nitrogens is 1. The zero-order valence-corrected chi connectivity index (χ0v) is 10.3. The molecule has 1 saturated carbocycles. The fourth-order valence-corrected chi connectivity index (χ4v) is 2.12. The Balaban J connectivity index is 1.75. The van der Waals surface area contributed by atoms with Gasteiger partial charge in [0.05, 0.1) is 6.54 Å². The minimum atomic E-state index is 0.0447. The van der Waals surface area contributed by atoms with E-state index in [1.165, 1.54) is 12.8 Å². The Labute approximate surface area is 105 Å². The maximum absolute atomic E-state index is 12.3. The largest absolute Gasteiger partial charge is 0.347 e. The molecule has 18 heavy (non-hydrogen) atoms. The van der Waals surface area contributed by atoms with Crippen molar-refractivity contribution in [3.63, 3.8) is 0 Å². The second-order valence-electron chi connectivity index (χ2n) is 4.73. The number of imidazole rings is 1. The molecule has 0 unspecified atom stereocenters. The highest BCUT2D eigenvalue weighted by atomic mass is 16.2. The summed E-state index contributed by atoms with van der Waals surface area (Å²) in [6.45, 7) is 0.502. The summed E-state index contributed by atoms with van der Waals surface area (Å²) in [6, 6.07) is 4.35. The average molecular weight is 244 g/mol. The first-order valence-electron chi connectivity index (χ1n) is 6.16. The molecule has 3 rings (SSSR count). The van der Waals surface area contributed by atoms with Gasteiger partial charge in [-0.05, 0) is 25.0 Å². The van der Waals surface area contributed by atoms with Crippen LogP contribution in [0.1, 0.15) is 35.2 Å². The third-order valence-electron chi connectivity index (χ3n) is 3.23. The van der Waals surface area contributed by atoms with Gasteiger partial charge in [-0.25, -0.2) is 4.98 Å². The number of nitrogens with one attached hydrogen (secondary N) is 1. The number of rotatable bonds is 4. The average Bonchev–Trinajstić information content (AvgIpc) is 2.90. The van der Waals surface area contributed by atoms with Crippen molar-refractivity contribution in [2.45, 2.75) is 25.4 Å². The Kier molecular flexibility index (Phi) is 2.66. The predicted octanol–water partition coefficient (Wildman–Crippen LogP) is 1.82. The highest BCUT2D eigenvalue weighted by Gasteiger charge is 2.27. The summed E-state index contributed by atoms with van der Waals surface area (Å²) >= 11 is 0. The molecule has 5 heteroatoms. The topological polar surface area (TPSA) is 53.9 Å². The van der Waals surface area contributed by atoms with Crippen molar-refractivity contribution >= 4 is 5.91 Å². The van der Waals surface area contributed by atoms with Gasteiger partial charge in [-0.15, -0.1) is 0 Å². The minimum Gasteiger partial charge on any atom is -0.347 e.